The Balaban J connectivity index is 1.78. The lowest BCUT2D eigenvalue weighted by Gasteiger charge is -2.30. The molecule has 1 atom stereocenters. The molecule has 8 heteroatoms. The fourth-order valence-corrected chi connectivity index (χ4v) is 5.43. The Morgan fingerprint density at radius 3 is 2.18 bits per heavy atom. The highest BCUT2D eigenvalue weighted by atomic mass is 35.5. The van der Waals surface area contributed by atoms with Gasteiger partial charge < -0.3 is 4.74 Å². The van der Waals surface area contributed by atoms with Crippen molar-refractivity contribution in [2.24, 2.45) is 10.6 Å². The summed E-state index contributed by atoms with van der Waals surface area (Å²) >= 11 is 19.5. The molecule has 1 spiro atoms. The molecule has 0 saturated heterocycles. The van der Waals surface area contributed by atoms with Crippen LogP contribution in [0.25, 0.3) is 5.57 Å². The summed E-state index contributed by atoms with van der Waals surface area (Å²) in [6.45, 7) is 0. The highest BCUT2D eigenvalue weighted by Crippen LogP contribution is 2.63. The first-order valence-corrected chi connectivity index (χ1v) is 11.6. The van der Waals surface area contributed by atoms with Crippen LogP contribution in [-0.2, 0) is 14.8 Å². The molecule has 0 bridgehead atoms. The lowest BCUT2D eigenvalue weighted by atomic mass is 9.92. The molecule has 0 aromatic heterocycles. The normalized spacial score (nSPS) is 26.8. The minimum Gasteiger partial charge on any atom is -0.357 e. The maximum atomic E-state index is 11.6. The van der Waals surface area contributed by atoms with Gasteiger partial charge in [0.2, 0.25) is 10.0 Å². The summed E-state index contributed by atoms with van der Waals surface area (Å²) in [6, 6.07) is 6.70. The maximum Gasteiger partial charge on any atom is 0.238 e. The standard InChI is InChI=1S/C20H20Cl3NO3S/c1-27-20(23)11-17(21)14(8-18(20)22)16-10-19(6-7-19)9-15(16)12-2-4-13(5-3-12)28(24,25)26/h2-5,8H,6-7,9-11H2,1H3,(H2,24,25,26). The van der Waals surface area contributed by atoms with Gasteiger partial charge in [-0.1, -0.05) is 46.9 Å². The van der Waals surface area contributed by atoms with E-state index >= 15 is 0 Å². The van der Waals surface area contributed by atoms with Crippen molar-refractivity contribution < 1.29 is 13.2 Å². The Kier molecular flexibility index (Phi) is 5.01. The molecular weight excluding hydrogens is 441 g/mol. The van der Waals surface area contributed by atoms with Crippen LogP contribution in [0.1, 0.15) is 37.7 Å². The van der Waals surface area contributed by atoms with E-state index in [0.717, 1.165) is 29.6 Å². The van der Waals surface area contributed by atoms with Crippen LogP contribution < -0.4 is 5.14 Å². The summed E-state index contributed by atoms with van der Waals surface area (Å²) in [5.41, 5.74) is 4.48. The molecule has 4 rings (SSSR count). The number of alkyl halides is 1. The molecular formula is C20H20Cl3NO3S. The van der Waals surface area contributed by atoms with Gasteiger partial charge in [-0.2, -0.15) is 0 Å². The van der Waals surface area contributed by atoms with E-state index in [1.165, 1.54) is 25.5 Å². The van der Waals surface area contributed by atoms with Gasteiger partial charge >= 0.3 is 0 Å². The van der Waals surface area contributed by atoms with Gasteiger partial charge in [-0.25, -0.2) is 13.6 Å². The number of methoxy groups -OCH3 is 1. The van der Waals surface area contributed by atoms with Gasteiger partial charge in [0.25, 0.3) is 0 Å². The molecule has 150 valence electrons. The Hall–Kier alpha value is -0.820. The van der Waals surface area contributed by atoms with Crippen LogP contribution in [0, 0.1) is 5.41 Å². The number of hydrogen-bond acceptors (Lipinski definition) is 3. The molecule has 1 unspecified atom stereocenters. The van der Waals surface area contributed by atoms with E-state index in [1.807, 2.05) is 0 Å². The molecule has 0 aliphatic heterocycles. The van der Waals surface area contributed by atoms with Crippen molar-refractivity contribution in [3.05, 3.63) is 57.1 Å². The number of nitrogens with two attached hydrogens (primary N) is 1. The van der Waals surface area contributed by atoms with Crippen molar-refractivity contribution in [3.8, 4) is 0 Å². The number of rotatable bonds is 4. The lowest BCUT2D eigenvalue weighted by molar-refractivity contribution is 0.101. The van der Waals surface area contributed by atoms with E-state index in [2.05, 4.69) is 0 Å². The van der Waals surface area contributed by atoms with Gasteiger partial charge in [0.15, 0.2) is 5.06 Å². The number of halogens is 3. The van der Waals surface area contributed by atoms with Gasteiger partial charge in [-0.05, 0) is 71.6 Å². The summed E-state index contributed by atoms with van der Waals surface area (Å²) in [4.78, 5) is 0.0994. The minimum absolute atomic E-state index is 0.0994. The van der Waals surface area contributed by atoms with Crippen LogP contribution in [0.15, 0.2) is 56.4 Å². The summed E-state index contributed by atoms with van der Waals surface area (Å²) in [5, 5.41) is 5.11. The third-order valence-electron chi connectivity index (χ3n) is 5.91. The highest BCUT2D eigenvalue weighted by Gasteiger charge is 2.49. The second kappa shape index (κ2) is 6.86. The van der Waals surface area contributed by atoms with E-state index in [9.17, 15) is 8.42 Å². The molecule has 0 heterocycles. The van der Waals surface area contributed by atoms with Crippen LogP contribution in [0.3, 0.4) is 0 Å². The SMILES string of the molecule is COC1(Cl)CC(Cl)=C(C2=C(c3ccc(S(N)(=O)=O)cc3)CC3(CC3)C2)C=C1Cl. The highest BCUT2D eigenvalue weighted by molar-refractivity contribution is 7.89. The van der Waals surface area contributed by atoms with E-state index in [-0.39, 0.29) is 10.3 Å². The fourth-order valence-electron chi connectivity index (χ4n) is 4.05. The lowest BCUT2D eigenvalue weighted by Crippen LogP contribution is -2.27. The molecule has 1 aromatic carbocycles. The van der Waals surface area contributed by atoms with Crippen LogP contribution >= 0.6 is 34.8 Å². The molecule has 3 aliphatic carbocycles. The largest absolute Gasteiger partial charge is 0.357 e. The number of hydrogen-bond donors (Lipinski definition) is 1. The average molecular weight is 461 g/mol. The summed E-state index contributed by atoms with van der Waals surface area (Å²) in [6.07, 6.45) is 6.31. The average Bonchev–Trinajstić information content (AvgIpc) is 3.29. The third kappa shape index (κ3) is 3.57. The molecule has 2 N–H and O–H groups in total. The summed E-state index contributed by atoms with van der Waals surface area (Å²) in [7, 11) is -2.22. The number of ether oxygens (including phenoxy) is 1. The smallest absolute Gasteiger partial charge is 0.238 e. The summed E-state index contributed by atoms with van der Waals surface area (Å²) in [5.74, 6) is 0. The quantitative estimate of drug-likeness (QED) is 0.623. The summed E-state index contributed by atoms with van der Waals surface area (Å²) < 4.78 is 28.4. The van der Waals surface area contributed by atoms with E-state index in [1.54, 1.807) is 30.3 Å². The van der Waals surface area contributed by atoms with Crippen LogP contribution in [-0.4, -0.2) is 20.6 Å². The third-order valence-corrected chi connectivity index (χ3v) is 8.18. The molecule has 1 aromatic rings. The van der Waals surface area contributed by atoms with Crippen molar-refractivity contribution in [2.75, 3.05) is 7.11 Å². The van der Waals surface area contributed by atoms with Gasteiger partial charge in [0.1, 0.15) is 0 Å². The Labute approximate surface area is 180 Å². The van der Waals surface area contributed by atoms with Crippen LogP contribution in [0.5, 0.6) is 0 Å². The van der Waals surface area contributed by atoms with E-state index in [4.69, 9.17) is 44.7 Å². The monoisotopic (exact) mass is 459 g/mol. The molecule has 1 fully saturated rings. The van der Waals surface area contributed by atoms with Crippen LogP contribution in [0.4, 0.5) is 0 Å². The topological polar surface area (TPSA) is 69.4 Å². The minimum atomic E-state index is -3.72. The molecule has 0 radical (unpaired) electrons. The van der Waals surface area contributed by atoms with Crippen molar-refractivity contribution in [1.29, 1.82) is 0 Å². The van der Waals surface area contributed by atoms with Crippen LogP contribution in [0.2, 0.25) is 0 Å². The van der Waals surface area contributed by atoms with Crippen molar-refractivity contribution in [2.45, 2.75) is 42.1 Å². The fraction of sp³-hybridized carbons (Fsp3) is 0.400. The molecule has 3 aliphatic rings. The zero-order valence-electron chi connectivity index (χ0n) is 15.3. The number of benzene rings is 1. The zero-order chi connectivity index (χ0) is 20.3. The molecule has 1 saturated carbocycles. The Bertz CT molecular complexity index is 1040. The number of primary sulfonamides is 1. The number of allylic oxidation sites excluding steroid dienone is 4. The first kappa shape index (κ1) is 20.5. The molecule has 28 heavy (non-hydrogen) atoms. The van der Waals surface area contributed by atoms with Gasteiger partial charge in [-0.3, -0.25) is 0 Å². The van der Waals surface area contributed by atoms with Crippen molar-refractivity contribution in [3.63, 3.8) is 0 Å². The van der Waals surface area contributed by atoms with Gasteiger partial charge in [0, 0.05) is 18.6 Å². The van der Waals surface area contributed by atoms with Crippen molar-refractivity contribution >= 4 is 50.4 Å². The van der Waals surface area contributed by atoms with Crippen molar-refractivity contribution in [1.82, 2.24) is 0 Å². The molecule has 0 amide bonds. The first-order valence-electron chi connectivity index (χ1n) is 8.93. The second-order valence-corrected chi connectivity index (χ2v) is 10.8. The van der Waals surface area contributed by atoms with Gasteiger partial charge in [0.05, 0.1) is 9.93 Å². The van der Waals surface area contributed by atoms with E-state index < -0.39 is 15.1 Å². The zero-order valence-corrected chi connectivity index (χ0v) is 18.4. The van der Waals surface area contributed by atoms with E-state index in [0.29, 0.717) is 16.5 Å². The Morgan fingerprint density at radius 2 is 1.64 bits per heavy atom. The van der Waals surface area contributed by atoms with Gasteiger partial charge in [-0.15, -0.1) is 0 Å². The second-order valence-electron chi connectivity index (χ2n) is 7.80. The number of sulfonamides is 1. The predicted octanol–water partition coefficient (Wildman–Crippen LogP) is 5.26. The first-order chi connectivity index (χ1) is 13.1. The maximum absolute atomic E-state index is 11.6. The molecule has 4 nitrogen and oxygen atoms in total. The Morgan fingerprint density at radius 1 is 1.04 bits per heavy atom. The predicted molar refractivity (Wildman–Crippen MR) is 113 cm³/mol.